The first-order valence-electron chi connectivity index (χ1n) is 16.4. The number of fused-ring (bicyclic) bond motifs is 7. The van der Waals surface area contributed by atoms with E-state index in [0.717, 1.165) is 44.2 Å². The summed E-state index contributed by atoms with van der Waals surface area (Å²) in [6.45, 7) is 0. The van der Waals surface area contributed by atoms with Gasteiger partial charge in [-0.1, -0.05) is 133 Å². The number of para-hydroxylation sites is 2. The van der Waals surface area contributed by atoms with Gasteiger partial charge in [-0.3, -0.25) is 0 Å². The highest BCUT2D eigenvalue weighted by Gasteiger charge is 2.20. The van der Waals surface area contributed by atoms with Crippen molar-refractivity contribution in [2.45, 2.75) is 0 Å². The maximum atomic E-state index is 6.89. The second kappa shape index (κ2) is 10.6. The predicted molar refractivity (Wildman–Crippen MR) is 202 cm³/mol. The first-order valence-corrected chi connectivity index (χ1v) is 16.4. The molecule has 0 N–H and O–H groups in total. The van der Waals surface area contributed by atoms with Crippen molar-refractivity contribution in [1.29, 1.82) is 0 Å². The molecule has 0 radical (unpaired) electrons. The Balaban J connectivity index is 1.20. The van der Waals surface area contributed by atoms with Gasteiger partial charge in [0.25, 0.3) is 0 Å². The Morgan fingerprint density at radius 3 is 1.92 bits per heavy atom. The Kier molecular flexibility index (Phi) is 5.91. The van der Waals surface area contributed by atoms with Crippen molar-refractivity contribution in [1.82, 2.24) is 4.57 Å². The van der Waals surface area contributed by atoms with E-state index in [0.29, 0.717) is 0 Å². The van der Waals surface area contributed by atoms with E-state index in [-0.39, 0.29) is 0 Å². The molecule has 2 heteroatoms. The fourth-order valence-corrected chi connectivity index (χ4v) is 7.61. The molecular weight excluding hydrogens is 583 g/mol. The third kappa shape index (κ3) is 4.06. The van der Waals surface area contributed by atoms with Gasteiger partial charge in [-0.2, -0.15) is 0 Å². The Morgan fingerprint density at radius 1 is 0.375 bits per heavy atom. The summed E-state index contributed by atoms with van der Waals surface area (Å²) in [7, 11) is 0. The Labute approximate surface area is 277 Å². The van der Waals surface area contributed by atoms with Gasteiger partial charge in [-0.15, -0.1) is 0 Å². The van der Waals surface area contributed by atoms with Crippen LogP contribution in [0.3, 0.4) is 0 Å². The summed E-state index contributed by atoms with van der Waals surface area (Å²) >= 11 is 0. The van der Waals surface area contributed by atoms with Gasteiger partial charge in [0.05, 0.1) is 16.7 Å². The van der Waals surface area contributed by atoms with Crippen LogP contribution in [0.5, 0.6) is 0 Å². The van der Waals surface area contributed by atoms with E-state index in [4.69, 9.17) is 4.42 Å². The van der Waals surface area contributed by atoms with Crippen LogP contribution in [0.2, 0.25) is 0 Å². The van der Waals surface area contributed by atoms with Gasteiger partial charge in [-0.05, 0) is 86.6 Å². The lowest BCUT2D eigenvalue weighted by Crippen LogP contribution is -1.94. The van der Waals surface area contributed by atoms with Crippen molar-refractivity contribution in [3.8, 4) is 39.1 Å². The molecule has 0 saturated heterocycles. The molecule has 0 saturated carbocycles. The van der Waals surface area contributed by atoms with Gasteiger partial charge in [0, 0.05) is 21.5 Å². The first-order chi connectivity index (χ1) is 23.8. The number of furan rings is 1. The highest BCUT2D eigenvalue weighted by molar-refractivity contribution is 6.17. The lowest BCUT2D eigenvalue weighted by atomic mass is 9.92. The summed E-state index contributed by atoms with van der Waals surface area (Å²) in [6, 6.07) is 63.1. The van der Waals surface area contributed by atoms with Crippen LogP contribution in [-0.4, -0.2) is 4.57 Å². The molecule has 224 valence electrons. The standard InChI is InChI=1S/C46H29NO/c1-3-13-30(14-4-1)34-27-32-17-7-8-18-35(32)40(28-34)33-25-26-37-38-21-12-24-43(46(38)48-44(37)29-33)47-41-22-10-9-19-39(41)45-36(20-11-23-42(45)47)31-15-5-2-6-16-31/h1-29H. The van der Waals surface area contributed by atoms with Gasteiger partial charge >= 0.3 is 0 Å². The average molecular weight is 612 g/mol. The quantitative estimate of drug-likeness (QED) is 0.194. The third-order valence-corrected chi connectivity index (χ3v) is 9.78. The number of aromatic nitrogens is 1. The summed E-state index contributed by atoms with van der Waals surface area (Å²) in [4.78, 5) is 0. The molecule has 10 aromatic rings. The van der Waals surface area contributed by atoms with Crippen LogP contribution in [0.25, 0.3) is 93.6 Å². The van der Waals surface area contributed by atoms with Gasteiger partial charge in [0.15, 0.2) is 5.58 Å². The highest BCUT2D eigenvalue weighted by atomic mass is 16.3. The minimum Gasteiger partial charge on any atom is -0.454 e. The number of rotatable bonds is 4. The zero-order chi connectivity index (χ0) is 31.6. The average Bonchev–Trinajstić information content (AvgIpc) is 3.71. The molecule has 2 aromatic heterocycles. The van der Waals surface area contributed by atoms with Gasteiger partial charge in [0.2, 0.25) is 0 Å². The van der Waals surface area contributed by atoms with Crippen LogP contribution in [0, 0.1) is 0 Å². The molecule has 8 aromatic carbocycles. The van der Waals surface area contributed by atoms with Crippen LogP contribution >= 0.6 is 0 Å². The van der Waals surface area contributed by atoms with E-state index in [1.165, 1.54) is 49.4 Å². The molecule has 2 heterocycles. The summed E-state index contributed by atoms with van der Waals surface area (Å²) in [5.41, 5.74) is 12.3. The fourth-order valence-electron chi connectivity index (χ4n) is 7.61. The summed E-state index contributed by atoms with van der Waals surface area (Å²) in [5, 5.41) is 7.16. The maximum Gasteiger partial charge on any atom is 0.159 e. The van der Waals surface area contributed by atoms with Gasteiger partial charge in [-0.25, -0.2) is 0 Å². The van der Waals surface area contributed by atoms with E-state index >= 15 is 0 Å². The number of benzene rings is 8. The second-order valence-electron chi connectivity index (χ2n) is 12.5. The van der Waals surface area contributed by atoms with Crippen molar-refractivity contribution < 1.29 is 4.42 Å². The topological polar surface area (TPSA) is 18.1 Å². The zero-order valence-electron chi connectivity index (χ0n) is 26.1. The monoisotopic (exact) mass is 611 g/mol. The molecule has 0 bridgehead atoms. The SMILES string of the molecule is c1ccc(-c2cc(-c3ccc4c(c3)oc3c(-n5c6ccccc6c6c(-c7ccccc7)cccc65)cccc34)c3ccccc3c2)cc1. The van der Waals surface area contributed by atoms with Crippen LogP contribution in [-0.2, 0) is 0 Å². The lowest BCUT2D eigenvalue weighted by Gasteiger charge is -2.11. The minimum absolute atomic E-state index is 0.884. The molecule has 0 atom stereocenters. The minimum atomic E-state index is 0.884. The number of nitrogens with zero attached hydrogens (tertiary/aromatic N) is 1. The maximum absolute atomic E-state index is 6.89. The van der Waals surface area contributed by atoms with Crippen LogP contribution in [0.4, 0.5) is 0 Å². The van der Waals surface area contributed by atoms with Gasteiger partial charge in [0.1, 0.15) is 5.58 Å². The highest BCUT2D eigenvalue weighted by Crippen LogP contribution is 2.42. The lowest BCUT2D eigenvalue weighted by molar-refractivity contribution is 0.666. The van der Waals surface area contributed by atoms with E-state index in [2.05, 4.69) is 180 Å². The van der Waals surface area contributed by atoms with Crippen LogP contribution in [0.15, 0.2) is 180 Å². The largest absolute Gasteiger partial charge is 0.454 e. The zero-order valence-corrected chi connectivity index (χ0v) is 26.1. The molecule has 10 rings (SSSR count). The molecule has 0 aliphatic carbocycles. The Morgan fingerprint density at radius 2 is 1.06 bits per heavy atom. The number of hydrogen-bond acceptors (Lipinski definition) is 1. The normalized spacial score (nSPS) is 11.8. The Bertz CT molecular complexity index is 2820. The molecule has 0 fully saturated rings. The Hall–Kier alpha value is -6.38. The number of hydrogen-bond donors (Lipinski definition) is 0. The molecule has 2 nitrogen and oxygen atoms in total. The molecular formula is C46H29NO. The second-order valence-corrected chi connectivity index (χ2v) is 12.5. The van der Waals surface area contributed by atoms with E-state index in [1.54, 1.807) is 0 Å². The summed E-state index contributed by atoms with van der Waals surface area (Å²) in [6.07, 6.45) is 0. The first kappa shape index (κ1) is 26.8. The van der Waals surface area contributed by atoms with E-state index in [1.807, 2.05) is 0 Å². The van der Waals surface area contributed by atoms with Crippen molar-refractivity contribution in [3.63, 3.8) is 0 Å². The fraction of sp³-hybridized carbons (Fsp3) is 0. The summed E-state index contributed by atoms with van der Waals surface area (Å²) < 4.78 is 9.26. The van der Waals surface area contributed by atoms with Crippen molar-refractivity contribution >= 4 is 54.5 Å². The molecule has 0 spiro atoms. The third-order valence-electron chi connectivity index (χ3n) is 9.78. The van der Waals surface area contributed by atoms with Crippen molar-refractivity contribution in [3.05, 3.63) is 176 Å². The van der Waals surface area contributed by atoms with Crippen LogP contribution < -0.4 is 0 Å². The predicted octanol–water partition coefficient (Wildman–Crippen LogP) is 12.8. The molecule has 0 amide bonds. The van der Waals surface area contributed by atoms with Gasteiger partial charge < -0.3 is 8.98 Å². The molecule has 0 aliphatic rings. The van der Waals surface area contributed by atoms with Crippen molar-refractivity contribution in [2.75, 3.05) is 0 Å². The van der Waals surface area contributed by atoms with Crippen molar-refractivity contribution in [2.24, 2.45) is 0 Å². The molecule has 48 heavy (non-hydrogen) atoms. The summed E-state index contributed by atoms with van der Waals surface area (Å²) in [5.74, 6) is 0. The molecule has 0 unspecified atom stereocenters. The smallest absolute Gasteiger partial charge is 0.159 e. The van der Waals surface area contributed by atoms with E-state index < -0.39 is 0 Å². The van der Waals surface area contributed by atoms with Crippen LogP contribution in [0.1, 0.15) is 0 Å². The van der Waals surface area contributed by atoms with E-state index in [9.17, 15) is 0 Å². The molecule has 0 aliphatic heterocycles.